The van der Waals surface area contributed by atoms with Crippen LogP contribution in [0.3, 0.4) is 0 Å². The Morgan fingerprint density at radius 1 is 0.951 bits per heavy atom. The Morgan fingerprint density at radius 3 is 2.34 bits per heavy atom. The zero-order valence-corrected chi connectivity index (χ0v) is 24.6. The fraction of sp³-hybridized carbons (Fsp3) is 0.310. The molecule has 10 nitrogen and oxygen atoms in total. The van der Waals surface area contributed by atoms with Crippen molar-refractivity contribution in [1.29, 1.82) is 0 Å². The lowest BCUT2D eigenvalue weighted by atomic mass is 10.1. The number of nitrogens with one attached hydrogen (secondary N) is 1. The van der Waals surface area contributed by atoms with Crippen LogP contribution in [0.2, 0.25) is 5.02 Å². The van der Waals surface area contributed by atoms with Gasteiger partial charge in [0.15, 0.2) is 11.5 Å². The molecule has 0 spiro atoms. The average molecular weight is 602 g/mol. The molecule has 0 saturated carbocycles. The largest absolute Gasteiger partial charge is 0.495 e. The van der Waals surface area contributed by atoms with Gasteiger partial charge in [0.05, 0.1) is 31.9 Å². The van der Waals surface area contributed by atoms with E-state index in [0.29, 0.717) is 18.7 Å². The number of sulfonamides is 1. The summed E-state index contributed by atoms with van der Waals surface area (Å²) in [6.45, 7) is 0.858. The number of carbonyl (C=O) groups is 2. The predicted molar refractivity (Wildman–Crippen MR) is 155 cm³/mol. The third-order valence-corrected chi connectivity index (χ3v) is 8.66. The molecule has 218 valence electrons. The van der Waals surface area contributed by atoms with E-state index >= 15 is 0 Å². The first-order chi connectivity index (χ1) is 19.7. The molecule has 1 fully saturated rings. The van der Waals surface area contributed by atoms with E-state index in [-0.39, 0.29) is 39.6 Å². The lowest BCUT2D eigenvalue weighted by Crippen LogP contribution is -2.41. The summed E-state index contributed by atoms with van der Waals surface area (Å²) in [5.41, 5.74) is 1.87. The molecule has 1 N–H and O–H groups in total. The third-order valence-electron chi connectivity index (χ3n) is 6.67. The highest BCUT2D eigenvalue weighted by atomic mass is 35.5. The topological polar surface area (TPSA) is 114 Å². The SMILES string of the molecule is COc1ccc(S(=O)(=O)N(CC(=O)NCc2cccc(CN3CCCC3=O)c2)c2cc(Cl)ccc2OC)cc1OC. The number of carbonyl (C=O) groups excluding carboxylic acids is 2. The lowest BCUT2D eigenvalue weighted by molar-refractivity contribution is -0.128. The normalized spacial score (nSPS) is 13.2. The average Bonchev–Trinajstić information content (AvgIpc) is 3.38. The van der Waals surface area contributed by atoms with E-state index in [2.05, 4.69) is 5.32 Å². The Kier molecular flexibility index (Phi) is 9.61. The molecule has 0 atom stereocenters. The van der Waals surface area contributed by atoms with Crippen LogP contribution in [0.25, 0.3) is 0 Å². The lowest BCUT2D eigenvalue weighted by Gasteiger charge is -2.26. The van der Waals surface area contributed by atoms with Gasteiger partial charge in [0, 0.05) is 37.1 Å². The molecule has 2 amide bonds. The van der Waals surface area contributed by atoms with Gasteiger partial charge in [-0.1, -0.05) is 35.9 Å². The molecule has 41 heavy (non-hydrogen) atoms. The number of rotatable bonds is 12. The number of benzene rings is 3. The molecule has 3 aromatic carbocycles. The summed E-state index contributed by atoms with van der Waals surface area (Å²) in [5, 5.41) is 3.07. The smallest absolute Gasteiger partial charge is 0.265 e. The second-order valence-electron chi connectivity index (χ2n) is 9.36. The van der Waals surface area contributed by atoms with Gasteiger partial charge in [-0.25, -0.2) is 8.42 Å². The van der Waals surface area contributed by atoms with Crippen LogP contribution in [0, 0.1) is 0 Å². The number of amides is 2. The van der Waals surface area contributed by atoms with Crippen molar-refractivity contribution in [2.24, 2.45) is 0 Å². The van der Waals surface area contributed by atoms with Gasteiger partial charge in [0.2, 0.25) is 11.8 Å². The van der Waals surface area contributed by atoms with E-state index in [0.717, 1.165) is 28.4 Å². The van der Waals surface area contributed by atoms with Crippen LogP contribution in [0.5, 0.6) is 17.2 Å². The Labute approximate surface area is 244 Å². The minimum atomic E-state index is -4.30. The number of hydrogen-bond donors (Lipinski definition) is 1. The van der Waals surface area contributed by atoms with Crippen molar-refractivity contribution in [2.75, 3.05) is 38.7 Å². The Bertz CT molecular complexity index is 1530. The van der Waals surface area contributed by atoms with Gasteiger partial charge in [-0.05, 0) is 47.9 Å². The maximum atomic E-state index is 13.9. The van der Waals surface area contributed by atoms with E-state index < -0.39 is 22.5 Å². The summed E-state index contributed by atoms with van der Waals surface area (Å²) >= 11 is 6.22. The molecule has 12 heteroatoms. The van der Waals surface area contributed by atoms with Crippen molar-refractivity contribution >= 4 is 39.1 Å². The molecule has 1 heterocycles. The van der Waals surface area contributed by atoms with Crippen LogP contribution < -0.4 is 23.8 Å². The Morgan fingerprint density at radius 2 is 1.66 bits per heavy atom. The number of methoxy groups -OCH3 is 3. The highest BCUT2D eigenvalue weighted by molar-refractivity contribution is 7.92. The van der Waals surface area contributed by atoms with Crippen molar-refractivity contribution in [2.45, 2.75) is 30.8 Å². The van der Waals surface area contributed by atoms with Crippen LogP contribution in [-0.2, 0) is 32.7 Å². The van der Waals surface area contributed by atoms with E-state index in [1.165, 1.54) is 51.7 Å². The van der Waals surface area contributed by atoms with Gasteiger partial charge < -0.3 is 24.4 Å². The zero-order valence-electron chi connectivity index (χ0n) is 23.1. The van der Waals surface area contributed by atoms with Crippen LogP contribution >= 0.6 is 11.6 Å². The van der Waals surface area contributed by atoms with Crippen molar-refractivity contribution in [1.82, 2.24) is 10.2 Å². The molecule has 1 saturated heterocycles. The second kappa shape index (κ2) is 13.1. The second-order valence-corrected chi connectivity index (χ2v) is 11.7. The maximum absolute atomic E-state index is 13.9. The number of nitrogens with zero attached hydrogens (tertiary/aromatic N) is 2. The molecule has 0 unspecified atom stereocenters. The van der Waals surface area contributed by atoms with Crippen molar-refractivity contribution < 1.29 is 32.2 Å². The Balaban J connectivity index is 1.58. The monoisotopic (exact) mass is 601 g/mol. The summed E-state index contributed by atoms with van der Waals surface area (Å²) in [6.07, 6.45) is 1.42. The van der Waals surface area contributed by atoms with Gasteiger partial charge in [0.1, 0.15) is 12.3 Å². The highest BCUT2D eigenvalue weighted by Crippen LogP contribution is 2.37. The van der Waals surface area contributed by atoms with Crippen molar-refractivity contribution in [3.8, 4) is 17.2 Å². The summed E-state index contributed by atoms with van der Waals surface area (Å²) < 4.78 is 44.8. The fourth-order valence-electron chi connectivity index (χ4n) is 4.58. The molecule has 1 aliphatic heterocycles. The fourth-order valence-corrected chi connectivity index (χ4v) is 6.18. The van der Waals surface area contributed by atoms with Crippen LogP contribution in [0.4, 0.5) is 5.69 Å². The van der Waals surface area contributed by atoms with E-state index in [1.54, 1.807) is 6.07 Å². The molecule has 4 rings (SSSR count). The molecular formula is C29H32ClN3O7S. The van der Waals surface area contributed by atoms with Crippen LogP contribution in [0.15, 0.2) is 65.6 Å². The van der Waals surface area contributed by atoms with Gasteiger partial charge in [-0.15, -0.1) is 0 Å². The summed E-state index contributed by atoms with van der Waals surface area (Å²) in [5.74, 6) is 0.376. The first-order valence-corrected chi connectivity index (χ1v) is 14.7. The summed E-state index contributed by atoms with van der Waals surface area (Å²) in [6, 6.07) is 16.3. The Hall–Kier alpha value is -3.96. The maximum Gasteiger partial charge on any atom is 0.265 e. The molecule has 0 aromatic heterocycles. The minimum absolute atomic E-state index is 0.0993. The third kappa shape index (κ3) is 7.04. The molecule has 3 aromatic rings. The number of ether oxygens (including phenoxy) is 3. The molecular weight excluding hydrogens is 570 g/mol. The quantitative estimate of drug-likeness (QED) is 0.334. The molecule has 0 radical (unpaired) electrons. The molecule has 0 aliphatic carbocycles. The van der Waals surface area contributed by atoms with E-state index in [9.17, 15) is 18.0 Å². The van der Waals surface area contributed by atoms with Gasteiger partial charge in [-0.2, -0.15) is 0 Å². The van der Waals surface area contributed by atoms with Crippen molar-refractivity contribution in [3.63, 3.8) is 0 Å². The van der Waals surface area contributed by atoms with E-state index in [1.807, 2.05) is 29.2 Å². The van der Waals surface area contributed by atoms with Gasteiger partial charge in [0.25, 0.3) is 10.0 Å². The number of likely N-dealkylation sites (tertiary alicyclic amines) is 1. The van der Waals surface area contributed by atoms with Crippen LogP contribution in [0.1, 0.15) is 24.0 Å². The summed E-state index contributed by atoms with van der Waals surface area (Å²) in [7, 11) is -0.0582. The first-order valence-electron chi connectivity index (χ1n) is 12.9. The minimum Gasteiger partial charge on any atom is -0.495 e. The number of hydrogen-bond acceptors (Lipinski definition) is 7. The molecule has 0 bridgehead atoms. The van der Waals surface area contributed by atoms with Gasteiger partial charge >= 0.3 is 0 Å². The first kappa shape index (κ1) is 30.0. The predicted octanol–water partition coefficient (Wildman–Crippen LogP) is 4.00. The van der Waals surface area contributed by atoms with E-state index in [4.69, 9.17) is 25.8 Å². The zero-order chi connectivity index (χ0) is 29.6. The van der Waals surface area contributed by atoms with Crippen molar-refractivity contribution in [3.05, 3.63) is 76.8 Å². The van der Waals surface area contributed by atoms with Crippen LogP contribution in [-0.4, -0.2) is 59.6 Å². The number of anilines is 1. The summed E-state index contributed by atoms with van der Waals surface area (Å²) in [4.78, 5) is 26.9. The molecule has 1 aliphatic rings. The number of halogens is 1. The standard InChI is InChI=1S/C29H32ClN3O7S/c1-38-25-11-9-22(30)15-24(25)33(41(36,37)23-10-12-26(39-2)27(16-23)40-3)19-28(34)31-17-20-6-4-7-21(14-20)18-32-13-5-8-29(32)35/h4,6-7,9-12,14-16H,5,8,13,17-19H2,1-3H3,(H,31,34). The highest BCUT2D eigenvalue weighted by Gasteiger charge is 2.31. The van der Waals surface area contributed by atoms with Gasteiger partial charge in [-0.3, -0.25) is 13.9 Å².